The van der Waals surface area contributed by atoms with Gasteiger partial charge in [0, 0.05) is 5.70 Å². The Bertz CT molecular complexity index is 862. The predicted octanol–water partition coefficient (Wildman–Crippen LogP) is 2.61. The largest absolute Gasteiger partial charge is 0.503 e. The molecule has 9 heteroatoms. The highest BCUT2D eigenvalue weighted by Crippen LogP contribution is 2.41. The van der Waals surface area contributed by atoms with Gasteiger partial charge < -0.3 is 19.9 Å². The molecule has 0 amide bonds. The molecule has 0 radical (unpaired) electrons. The molecule has 8 nitrogen and oxygen atoms in total. The molecule has 1 atom stereocenters. The number of esters is 1. The van der Waals surface area contributed by atoms with Crippen molar-refractivity contribution in [2.45, 2.75) is 19.9 Å². The number of hydrogen-bond donors (Lipinski definition) is 2. The van der Waals surface area contributed by atoms with Crippen LogP contribution in [0.1, 0.15) is 25.5 Å². The fourth-order valence-corrected chi connectivity index (χ4v) is 3.24. The summed E-state index contributed by atoms with van der Waals surface area (Å²) < 4.78 is 12.5. The van der Waals surface area contributed by atoms with E-state index in [1.165, 1.54) is 13.4 Å². The van der Waals surface area contributed by atoms with Gasteiger partial charge in [-0.15, -0.1) is 0 Å². The van der Waals surface area contributed by atoms with Gasteiger partial charge in [0.2, 0.25) is 5.95 Å². The van der Waals surface area contributed by atoms with Gasteiger partial charge in [-0.3, -0.25) is 0 Å². The van der Waals surface area contributed by atoms with Crippen molar-refractivity contribution in [1.82, 2.24) is 14.8 Å². The van der Waals surface area contributed by atoms with Crippen molar-refractivity contribution in [3.8, 4) is 11.5 Å². The summed E-state index contributed by atoms with van der Waals surface area (Å²) in [5, 5.41) is 17.4. The zero-order valence-electron chi connectivity index (χ0n) is 13.9. The molecule has 0 saturated carbocycles. The molecule has 132 valence electrons. The number of nitrogens with zero attached hydrogens (tertiary/aromatic N) is 3. The molecule has 2 aromatic rings. The highest BCUT2D eigenvalue weighted by Gasteiger charge is 2.35. The van der Waals surface area contributed by atoms with Crippen LogP contribution in [-0.4, -0.2) is 39.6 Å². The van der Waals surface area contributed by atoms with Crippen molar-refractivity contribution < 1.29 is 19.4 Å². The second kappa shape index (κ2) is 6.75. The number of phenolic OH excluding ortho intramolecular Hbond substituents is 1. The Morgan fingerprint density at radius 2 is 2.24 bits per heavy atom. The minimum atomic E-state index is -0.566. The summed E-state index contributed by atoms with van der Waals surface area (Å²) >= 11 is 3.31. The number of fused-ring (bicyclic) bond motifs is 1. The highest BCUT2D eigenvalue weighted by atomic mass is 79.9. The number of halogens is 1. The lowest BCUT2D eigenvalue weighted by Gasteiger charge is -2.28. The third kappa shape index (κ3) is 2.95. The molecule has 0 unspecified atom stereocenters. The van der Waals surface area contributed by atoms with Crippen LogP contribution in [0.25, 0.3) is 0 Å². The van der Waals surface area contributed by atoms with Gasteiger partial charge in [0.15, 0.2) is 11.5 Å². The Morgan fingerprint density at radius 1 is 1.48 bits per heavy atom. The van der Waals surface area contributed by atoms with Gasteiger partial charge in [0.1, 0.15) is 12.4 Å². The molecular formula is C16H17BrN4O4. The standard InChI is InChI=1S/C16H17BrN4O4/c1-4-25-15(23)12-8(2)20-16-18-7-19-21(16)13(12)9-5-10(17)14(22)11(6-9)24-3/h5-7,13,22H,4H2,1-3H3,(H,18,19,20)/t13-/m1/s1. The van der Waals surface area contributed by atoms with E-state index in [1.807, 2.05) is 0 Å². The van der Waals surface area contributed by atoms with Crippen LogP contribution >= 0.6 is 15.9 Å². The number of benzene rings is 1. The van der Waals surface area contributed by atoms with Crippen LogP contribution in [0.5, 0.6) is 11.5 Å². The van der Waals surface area contributed by atoms with E-state index in [1.54, 1.807) is 30.7 Å². The lowest BCUT2D eigenvalue weighted by atomic mass is 9.95. The average molecular weight is 409 g/mol. The van der Waals surface area contributed by atoms with E-state index in [-0.39, 0.29) is 18.1 Å². The SMILES string of the molecule is CCOC(=O)C1=C(C)Nc2ncnn2[C@@H]1c1cc(Br)c(O)c(OC)c1. The number of hydrogen-bond acceptors (Lipinski definition) is 7. The predicted molar refractivity (Wildman–Crippen MR) is 93.5 cm³/mol. The maximum absolute atomic E-state index is 12.6. The monoisotopic (exact) mass is 408 g/mol. The number of carbonyl (C=O) groups is 1. The fraction of sp³-hybridized carbons (Fsp3) is 0.312. The molecule has 1 aliphatic rings. The van der Waals surface area contributed by atoms with Crippen LogP contribution < -0.4 is 10.1 Å². The fourth-order valence-electron chi connectivity index (χ4n) is 2.78. The summed E-state index contributed by atoms with van der Waals surface area (Å²) in [5.41, 5.74) is 1.74. The number of methoxy groups -OCH3 is 1. The minimum absolute atomic E-state index is 0.0163. The third-order valence-corrected chi connectivity index (χ3v) is 4.48. The number of allylic oxidation sites excluding steroid dienone is 1. The van der Waals surface area contributed by atoms with Crippen LogP contribution in [0, 0.1) is 0 Å². The van der Waals surface area contributed by atoms with E-state index in [2.05, 4.69) is 31.3 Å². The molecule has 0 aliphatic carbocycles. The Morgan fingerprint density at radius 3 is 2.92 bits per heavy atom. The first-order chi connectivity index (χ1) is 12.0. The van der Waals surface area contributed by atoms with Crippen molar-refractivity contribution in [2.75, 3.05) is 19.0 Å². The molecule has 1 aliphatic heterocycles. The minimum Gasteiger partial charge on any atom is -0.503 e. The molecular weight excluding hydrogens is 392 g/mol. The maximum Gasteiger partial charge on any atom is 0.338 e. The summed E-state index contributed by atoms with van der Waals surface area (Å²) in [6.07, 6.45) is 1.41. The van der Waals surface area contributed by atoms with E-state index in [0.29, 0.717) is 27.3 Å². The number of aromatic hydroxyl groups is 1. The smallest absolute Gasteiger partial charge is 0.338 e. The van der Waals surface area contributed by atoms with Gasteiger partial charge in [0.05, 0.1) is 23.8 Å². The number of anilines is 1. The molecule has 25 heavy (non-hydrogen) atoms. The van der Waals surface area contributed by atoms with E-state index in [0.717, 1.165) is 0 Å². The van der Waals surface area contributed by atoms with Crippen molar-refractivity contribution in [3.05, 3.63) is 39.8 Å². The van der Waals surface area contributed by atoms with Gasteiger partial charge in [-0.1, -0.05) is 0 Å². The quantitative estimate of drug-likeness (QED) is 0.749. The molecule has 0 fully saturated rings. The molecule has 1 aromatic heterocycles. The zero-order chi connectivity index (χ0) is 18.1. The number of phenols is 1. The lowest BCUT2D eigenvalue weighted by Crippen LogP contribution is -2.29. The van der Waals surface area contributed by atoms with Crippen LogP contribution in [0.3, 0.4) is 0 Å². The van der Waals surface area contributed by atoms with Crippen molar-refractivity contribution in [1.29, 1.82) is 0 Å². The molecule has 0 saturated heterocycles. The van der Waals surface area contributed by atoms with Gasteiger partial charge >= 0.3 is 5.97 Å². The average Bonchev–Trinajstić information content (AvgIpc) is 3.04. The summed E-state index contributed by atoms with van der Waals surface area (Å²) in [4.78, 5) is 16.7. The van der Waals surface area contributed by atoms with Crippen molar-refractivity contribution >= 4 is 27.8 Å². The first-order valence-corrected chi connectivity index (χ1v) is 8.38. The molecule has 0 spiro atoms. The first kappa shape index (κ1) is 17.3. The number of aromatic nitrogens is 3. The Kier molecular flexibility index (Phi) is 4.67. The number of nitrogens with one attached hydrogen (secondary N) is 1. The molecule has 3 rings (SSSR count). The lowest BCUT2D eigenvalue weighted by molar-refractivity contribution is -0.139. The summed E-state index contributed by atoms with van der Waals surface area (Å²) in [6.45, 7) is 3.79. The molecule has 1 aromatic carbocycles. The topological polar surface area (TPSA) is 98.5 Å². The van der Waals surface area contributed by atoms with E-state index in [4.69, 9.17) is 9.47 Å². The van der Waals surface area contributed by atoms with Crippen LogP contribution in [-0.2, 0) is 9.53 Å². The van der Waals surface area contributed by atoms with E-state index < -0.39 is 12.0 Å². The Balaban J connectivity index is 2.20. The Labute approximate surface area is 152 Å². The van der Waals surface area contributed by atoms with Crippen LogP contribution in [0.15, 0.2) is 34.2 Å². The summed E-state index contributed by atoms with van der Waals surface area (Å²) in [7, 11) is 1.46. The highest BCUT2D eigenvalue weighted by molar-refractivity contribution is 9.10. The molecule has 2 heterocycles. The van der Waals surface area contributed by atoms with Crippen molar-refractivity contribution in [3.63, 3.8) is 0 Å². The normalized spacial score (nSPS) is 16.2. The zero-order valence-corrected chi connectivity index (χ0v) is 15.5. The first-order valence-electron chi connectivity index (χ1n) is 7.58. The third-order valence-electron chi connectivity index (χ3n) is 3.88. The van der Waals surface area contributed by atoms with Gasteiger partial charge in [0.25, 0.3) is 0 Å². The number of rotatable bonds is 4. The van der Waals surface area contributed by atoms with Gasteiger partial charge in [-0.2, -0.15) is 10.1 Å². The van der Waals surface area contributed by atoms with Gasteiger partial charge in [-0.25, -0.2) is 9.48 Å². The molecule has 0 bridgehead atoms. The van der Waals surface area contributed by atoms with Crippen molar-refractivity contribution in [2.24, 2.45) is 0 Å². The summed E-state index contributed by atoms with van der Waals surface area (Å²) in [6, 6.07) is 2.81. The maximum atomic E-state index is 12.6. The van der Waals surface area contributed by atoms with Gasteiger partial charge in [-0.05, 0) is 47.5 Å². The second-order valence-corrected chi connectivity index (χ2v) is 6.22. The molecule has 2 N–H and O–H groups in total. The number of ether oxygens (including phenoxy) is 2. The van der Waals surface area contributed by atoms with Crippen LogP contribution in [0.4, 0.5) is 5.95 Å². The summed E-state index contributed by atoms with van der Waals surface area (Å²) in [5.74, 6) is 0.336. The second-order valence-electron chi connectivity index (χ2n) is 5.37. The Hall–Kier alpha value is -2.55. The number of carbonyl (C=O) groups excluding carboxylic acids is 1. The van der Waals surface area contributed by atoms with E-state index >= 15 is 0 Å². The van der Waals surface area contributed by atoms with E-state index in [9.17, 15) is 9.90 Å². The van der Waals surface area contributed by atoms with Crippen LogP contribution in [0.2, 0.25) is 0 Å².